The zero-order valence-electron chi connectivity index (χ0n) is 8.22. The summed E-state index contributed by atoms with van der Waals surface area (Å²) in [4.78, 5) is 11.8. The molecule has 2 rings (SSSR count). The number of hydrogen-bond donors (Lipinski definition) is 0. The number of ketones is 1. The Hall–Kier alpha value is -0.630. The summed E-state index contributed by atoms with van der Waals surface area (Å²) >= 11 is 3.41. The van der Waals surface area contributed by atoms with Gasteiger partial charge in [-0.25, -0.2) is 0 Å². The summed E-state index contributed by atoms with van der Waals surface area (Å²) in [7, 11) is 0. The summed E-state index contributed by atoms with van der Waals surface area (Å²) in [6.07, 6.45) is 2.85. The number of halogens is 1. The third kappa shape index (κ3) is 1.76. The molecule has 2 heteroatoms. The maximum atomic E-state index is 11.8. The zero-order chi connectivity index (χ0) is 10.1. The van der Waals surface area contributed by atoms with Crippen molar-refractivity contribution in [1.29, 1.82) is 0 Å². The monoisotopic (exact) mass is 252 g/mol. The average Bonchev–Trinajstić information content (AvgIpc) is 2.28. The fourth-order valence-corrected chi connectivity index (χ4v) is 2.42. The van der Waals surface area contributed by atoms with Gasteiger partial charge in [-0.05, 0) is 36.5 Å². The van der Waals surface area contributed by atoms with E-state index in [9.17, 15) is 4.79 Å². The van der Waals surface area contributed by atoms with Gasteiger partial charge in [0.05, 0.1) is 0 Å². The quantitative estimate of drug-likeness (QED) is 0.640. The number of fused-ring (bicyclic) bond motifs is 1. The van der Waals surface area contributed by atoms with Crippen LogP contribution in [0.1, 0.15) is 48.0 Å². The van der Waals surface area contributed by atoms with E-state index >= 15 is 0 Å². The van der Waals surface area contributed by atoms with Gasteiger partial charge in [0.25, 0.3) is 0 Å². The van der Waals surface area contributed by atoms with E-state index in [1.165, 1.54) is 5.56 Å². The van der Waals surface area contributed by atoms with E-state index in [2.05, 4.69) is 28.9 Å². The fraction of sp³-hybridized carbons (Fsp3) is 0.417. The molecule has 1 aromatic carbocycles. The van der Waals surface area contributed by atoms with Crippen molar-refractivity contribution in [3.05, 3.63) is 33.8 Å². The third-order valence-electron chi connectivity index (χ3n) is 2.89. The van der Waals surface area contributed by atoms with Crippen LogP contribution in [-0.4, -0.2) is 5.78 Å². The Morgan fingerprint density at radius 2 is 2.21 bits per heavy atom. The first-order valence-electron chi connectivity index (χ1n) is 5.01. The van der Waals surface area contributed by atoms with Crippen LogP contribution in [0.4, 0.5) is 0 Å². The van der Waals surface area contributed by atoms with Crippen molar-refractivity contribution in [3.63, 3.8) is 0 Å². The molecule has 0 N–H and O–H groups in total. The molecule has 1 aromatic rings. The maximum Gasteiger partial charge on any atom is 0.163 e. The lowest BCUT2D eigenvalue weighted by Crippen LogP contribution is -2.01. The largest absolute Gasteiger partial charge is 0.294 e. The van der Waals surface area contributed by atoms with Gasteiger partial charge in [0.15, 0.2) is 5.78 Å². The Morgan fingerprint density at radius 3 is 3.00 bits per heavy atom. The lowest BCUT2D eigenvalue weighted by molar-refractivity contribution is 0.0982. The van der Waals surface area contributed by atoms with Crippen LogP contribution in [0, 0.1) is 0 Å². The van der Waals surface area contributed by atoms with E-state index in [0.29, 0.717) is 18.1 Å². The molecule has 0 spiro atoms. The Balaban J connectivity index is 2.54. The van der Waals surface area contributed by atoms with Gasteiger partial charge in [-0.2, -0.15) is 0 Å². The molecular formula is C12H13BrO. The molecule has 74 valence electrons. The molecule has 1 nitrogen and oxygen atoms in total. The Labute approximate surface area is 92.6 Å². The molecule has 0 saturated carbocycles. The van der Waals surface area contributed by atoms with Crippen molar-refractivity contribution >= 4 is 21.7 Å². The molecule has 0 heterocycles. The van der Waals surface area contributed by atoms with Gasteiger partial charge >= 0.3 is 0 Å². The molecular weight excluding hydrogens is 240 g/mol. The fourth-order valence-electron chi connectivity index (χ4n) is 2.06. The number of carbonyl (C=O) groups excluding carboxylic acids is 1. The van der Waals surface area contributed by atoms with Gasteiger partial charge in [-0.3, -0.25) is 4.79 Å². The van der Waals surface area contributed by atoms with Crippen molar-refractivity contribution in [1.82, 2.24) is 0 Å². The minimum Gasteiger partial charge on any atom is -0.294 e. The van der Waals surface area contributed by atoms with E-state index in [0.717, 1.165) is 22.9 Å². The van der Waals surface area contributed by atoms with E-state index in [1.807, 2.05) is 12.1 Å². The maximum absolute atomic E-state index is 11.8. The minimum atomic E-state index is 0.297. The zero-order valence-corrected chi connectivity index (χ0v) is 9.80. The van der Waals surface area contributed by atoms with E-state index in [-0.39, 0.29) is 0 Å². The van der Waals surface area contributed by atoms with Crippen molar-refractivity contribution < 1.29 is 4.79 Å². The van der Waals surface area contributed by atoms with Gasteiger partial charge in [0.2, 0.25) is 0 Å². The highest BCUT2D eigenvalue weighted by Crippen LogP contribution is 2.31. The second-order valence-corrected chi connectivity index (χ2v) is 4.86. The van der Waals surface area contributed by atoms with Crippen molar-refractivity contribution in [3.8, 4) is 0 Å². The summed E-state index contributed by atoms with van der Waals surface area (Å²) in [5, 5.41) is 0. The lowest BCUT2D eigenvalue weighted by atomic mass is 9.94. The SMILES string of the molecule is CC1CCCC(=O)c2cc(Br)ccc21. The first-order valence-corrected chi connectivity index (χ1v) is 5.80. The topological polar surface area (TPSA) is 17.1 Å². The van der Waals surface area contributed by atoms with Gasteiger partial charge in [0, 0.05) is 16.5 Å². The van der Waals surface area contributed by atoms with Crippen molar-refractivity contribution in [2.75, 3.05) is 0 Å². The predicted octanol–water partition coefficient (Wildman–Crippen LogP) is 3.92. The molecule has 1 atom stereocenters. The van der Waals surface area contributed by atoms with Gasteiger partial charge in [-0.15, -0.1) is 0 Å². The minimum absolute atomic E-state index is 0.297. The van der Waals surface area contributed by atoms with E-state index in [1.54, 1.807) is 0 Å². The van der Waals surface area contributed by atoms with Crippen LogP contribution in [0.2, 0.25) is 0 Å². The Kier molecular flexibility index (Phi) is 2.73. The summed E-state index contributed by atoms with van der Waals surface area (Å²) in [5.41, 5.74) is 2.14. The number of benzene rings is 1. The number of carbonyl (C=O) groups is 1. The standard InChI is InChI=1S/C12H13BrO/c1-8-3-2-4-12(14)11-7-9(13)5-6-10(8)11/h5-8H,2-4H2,1H3. The van der Waals surface area contributed by atoms with Crippen LogP contribution in [0.15, 0.2) is 22.7 Å². The second kappa shape index (κ2) is 3.85. The van der Waals surface area contributed by atoms with Crippen LogP contribution >= 0.6 is 15.9 Å². The van der Waals surface area contributed by atoms with Gasteiger partial charge in [0.1, 0.15) is 0 Å². The number of Topliss-reactive ketones (excluding diaryl/α,β-unsaturated/α-hetero) is 1. The summed E-state index contributed by atoms with van der Waals surface area (Å²) in [5.74, 6) is 0.815. The summed E-state index contributed by atoms with van der Waals surface area (Å²) in [6.45, 7) is 2.20. The van der Waals surface area contributed by atoms with Gasteiger partial charge in [-0.1, -0.05) is 28.9 Å². The molecule has 0 aromatic heterocycles. The summed E-state index contributed by atoms with van der Waals surface area (Å²) < 4.78 is 0.999. The van der Waals surface area contributed by atoms with Crippen molar-refractivity contribution in [2.45, 2.75) is 32.1 Å². The average molecular weight is 253 g/mol. The molecule has 1 aliphatic rings. The van der Waals surface area contributed by atoms with E-state index < -0.39 is 0 Å². The molecule has 0 radical (unpaired) electrons. The molecule has 14 heavy (non-hydrogen) atoms. The highest BCUT2D eigenvalue weighted by Gasteiger charge is 2.20. The Bertz CT molecular complexity index is 371. The smallest absolute Gasteiger partial charge is 0.163 e. The molecule has 1 aliphatic carbocycles. The van der Waals surface area contributed by atoms with Gasteiger partial charge < -0.3 is 0 Å². The molecule has 0 bridgehead atoms. The molecule has 0 aliphatic heterocycles. The predicted molar refractivity (Wildman–Crippen MR) is 60.7 cm³/mol. The highest BCUT2D eigenvalue weighted by atomic mass is 79.9. The Morgan fingerprint density at radius 1 is 1.43 bits per heavy atom. The van der Waals surface area contributed by atoms with Crippen LogP contribution in [0.25, 0.3) is 0 Å². The molecule has 0 amide bonds. The number of hydrogen-bond acceptors (Lipinski definition) is 1. The van der Waals surface area contributed by atoms with Crippen LogP contribution in [0.3, 0.4) is 0 Å². The first kappa shape index (κ1) is 9.91. The van der Waals surface area contributed by atoms with Crippen LogP contribution in [-0.2, 0) is 0 Å². The van der Waals surface area contributed by atoms with Crippen LogP contribution < -0.4 is 0 Å². The van der Waals surface area contributed by atoms with Crippen molar-refractivity contribution in [2.24, 2.45) is 0 Å². The van der Waals surface area contributed by atoms with Crippen LogP contribution in [0.5, 0.6) is 0 Å². The second-order valence-electron chi connectivity index (χ2n) is 3.95. The molecule has 1 unspecified atom stereocenters. The molecule has 0 saturated heterocycles. The molecule has 0 fully saturated rings. The highest BCUT2D eigenvalue weighted by molar-refractivity contribution is 9.10. The third-order valence-corrected chi connectivity index (χ3v) is 3.38. The lowest BCUT2D eigenvalue weighted by Gasteiger charge is -2.11. The normalized spacial score (nSPS) is 21.6. The van der Waals surface area contributed by atoms with E-state index in [4.69, 9.17) is 0 Å². The first-order chi connectivity index (χ1) is 6.68. The number of rotatable bonds is 0. The summed E-state index contributed by atoms with van der Waals surface area (Å²) in [6, 6.07) is 6.06.